The van der Waals surface area contributed by atoms with Crippen molar-refractivity contribution in [3.8, 4) is 0 Å². The van der Waals surface area contributed by atoms with E-state index in [0.29, 0.717) is 5.57 Å². The second-order valence-corrected chi connectivity index (χ2v) is 2.15. The lowest BCUT2D eigenvalue weighted by Gasteiger charge is -2.07. The topological polar surface area (TPSA) is 26.3 Å². The van der Waals surface area contributed by atoms with Crippen molar-refractivity contribution in [1.29, 1.82) is 0 Å². The zero-order chi connectivity index (χ0) is 8.15. The Balaban J connectivity index is 3.68. The SMILES string of the molecule is C=C(C)C(=O)OC(C)CF. The first-order valence-corrected chi connectivity index (χ1v) is 3.00. The van der Waals surface area contributed by atoms with Crippen LogP contribution in [-0.2, 0) is 9.53 Å². The smallest absolute Gasteiger partial charge is 0.333 e. The molecule has 0 aliphatic carbocycles. The summed E-state index contributed by atoms with van der Waals surface area (Å²) in [4.78, 5) is 10.6. The first-order chi connectivity index (χ1) is 4.57. The first kappa shape index (κ1) is 9.14. The van der Waals surface area contributed by atoms with Crippen molar-refractivity contribution in [2.24, 2.45) is 0 Å². The summed E-state index contributed by atoms with van der Waals surface area (Å²) in [5.41, 5.74) is 0.292. The third-order valence-corrected chi connectivity index (χ3v) is 0.874. The van der Waals surface area contributed by atoms with E-state index in [-0.39, 0.29) is 0 Å². The third-order valence-electron chi connectivity index (χ3n) is 0.874. The number of hydrogen-bond acceptors (Lipinski definition) is 2. The van der Waals surface area contributed by atoms with Crippen LogP contribution in [0.2, 0.25) is 0 Å². The van der Waals surface area contributed by atoms with Crippen molar-refractivity contribution in [3.63, 3.8) is 0 Å². The summed E-state index contributed by atoms with van der Waals surface area (Å²) in [5.74, 6) is -0.537. The van der Waals surface area contributed by atoms with E-state index in [0.717, 1.165) is 0 Å². The number of carbonyl (C=O) groups excluding carboxylic acids is 1. The molecule has 3 heteroatoms. The molecule has 10 heavy (non-hydrogen) atoms. The summed E-state index contributed by atoms with van der Waals surface area (Å²) >= 11 is 0. The van der Waals surface area contributed by atoms with Gasteiger partial charge in [-0.25, -0.2) is 9.18 Å². The minimum absolute atomic E-state index is 0.292. The summed E-state index contributed by atoms with van der Waals surface area (Å²) in [7, 11) is 0. The van der Waals surface area contributed by atoms with Crippen LogP contribution in [0.3, 0.4) is 0 Å². The number of carbonyl (C=O) groups is 1. The molecular weight excluding hydrogens is 135 g/mol. The average molecular weight is 146 g/mol. The van der Waals surface area contributed by atoms with Gasteiger partial charge in [0.05, 0.1) is 0 Å². The molecule has 0 aliphatic rings. The lowest BCUT2D eigenvalue weighted by Crippen LogP contribution is -2.16. The molecule has 0 heterocycles. The molecule has 0 radical (unpaired) electrons. The van der Waals surface area contributed by atoms with Crippen molar-refractivity contribution in [2.75, 3.05) is 6.67 Å². The van der Waals surface area contributed by atoms with Gasteiger partial charge in [0.1, 0.15) is 12.8 Å². The van der Waals surface area contributed by atoms with Gasteiger partial charge in [-0.05, 0) is 13.8 Å². The molecule has 0 saturated carbocycles. The number of hydrogen-bond donors (Lipinski definition) is 0. The van der Waals surface area contributed by atoms with Gasteiger partial charge in [-0.3, -0.25) is 0 Å². The van der Waals surface area contributed by atoms with E-state index in [1.165, 1.54) is 13.8 Å². The lowest BCUT2D eigenvalue weighted by molar-refractivity contribution is -0.144. The van der Waals surface area contributed by atoms with E-state index in [2.05, 4.69) is 11.3 Å². The van der Waals surface area contributed by atoms with Crippen LogP contribution in [-0.4, -0.2) is 18.7 Å². The first-order valence-electron chi connectivity index (χ1n) is 3.00. The van der Waals surface area contributed by atoms with Crippen LogP contribution in [0.25, 0.3) is 0 Å². The average Bonchev–Trinajstić information content (AvgIpc) is 1.87. The molecule has 0 fully saturated rings. The molecule has 0 saturated heterocycles. The zero-order valence-electron chi connectivity index (χ0n) is 6.19. The molecule has 1 atom stereocenters. The van der Waals surface area contributed by atoms with Gasteiger partial charge in [-0.1, -0.05) is 6.58 Å². The minimum Gasteiger partial charge on any atom is -0.457 e. The van der Waals surface area contributed by atoms with Crippen molar-refractivity contribution >= 4 is 5.97 Å². The maximum Gasteiger partial charge on any atom is 0.333 e. The maximum absolute atomic E-state index is 11.7. The van der Waals surface area contributed by atoms with Crippen LogP contribution in [0.5, 0.6) is 0 Å². The Labute approximate surface area is 59.7 Å². The van der Waals surface area contributed by atoms with Gasteiger partial charge in [0.25, 0.3) is 0 Å². The largest absolute Gasteiger partial charge is 0.457 e. The monoisotopic (exact) mass is 146 g/mol. The van der Waals surface area contributed by atoms with Crippen molar-refractivity contribution < 1.29 is 13.9 Å². The minimum atomic E-state index is -0.663. The number of halogens is 1. The van der Waals surface area contributed by atoms with E-state index in [9.17, 15) is 9.18 Å². The summed E-state index contributed by atoms with van der Waals surface area (Å²) in [6, 6.07) is 0. The highest BCUT2D eigenvalue weighted by Gasteiger charge is 2.08. The quantitative estimate of drug-likeness (QED) is 0.445. The molecule has 0 N–H and O–H groups in total. The Hall–Kier alpha value is -0.860. The van der Waals surface area contributed by atoms with E-state index in [1.54, 1.807) is 0 Å². The predicted molar refractivity (Wildman–Crippen MR) is 36.3 cm³/mol. The number of ether oxygens (including phenoxy) is 1. The summed E-state index contributed by atoms with van der Waals surface area (Å²) in [5, 5.41) is 0. The van der Waals surface area contributed by atoms with Crippen molar-refractivity contribution in [1.82, 2.24) is 0 Å². The Morgan fingerprint density at radius 1 is 1.80 bits per heavy atom. The second kappa shape index (κ2) is 4.04. The van der Waals surface area contributed by atoms with E-state index in [4.69, 9.17) is 0 Å². The predicted octanol–water partition coefficient (Wildman–Crippen LogP) is 1.46. The molecule has 0 aromatic heterocycles. The van der Waals surface area contributed by atoms with Crippen LogP contribution >= 0.6 is 0 Å². The van der Waals surface area contributed by atoms with Gasteiger partial charge < -0.3 is 4.74 Å². The fourth-order valence-electron chi connectivity index (χ4n) is 0.315. The molecule has 2 nitrogen and oxygen atoms in total. The molecule has 0 rings (SSSR count). The zero-order valence-corrected chi connectivity index (χ0v) is 6.19. The molecule has 58 valence electrons. The molecule has 0 aliphatic heterocycles. The standard InChI is InChI=1S/C7H11FO2/c1-5(2)7(9)10-6(3)4-8/h6H,1,4H2,2-3H3. The summed E-state index contributed by atoms with van der Waals surface area (Å²) in [6.07, 6.45) is -0.663. The van der Waals surface area contributed by atoms with Crippen LogP contribution in [0.15, 0.2) is 12.2 Å². The molecular formula is C7H11FO2. The fourth-order valence-corrected chi connectivity index (χ4v) is 0.315. The van der Waals surface area contributed by atoms with Gasteiger partial charge in [-0.15, -0.1) is 0 Å². The van der Waals surface area contributed by atoms with E-state index in [1.807, 2.05) is 0 Å². The fraction of sp³-hybridized carbons (Fsp3) is 0.571. The van der Waals surface area contributed by atoms with Crippen LogP contribution < -0.4 is 0 Å². The highest BCUT2D eigenvalue weighted by molar-refractivity contribution is 5.87. The van der Waals surface area contributed by atoms with Gasteiger partial charge in [0, 0.05) is 5.57 Å². The van der Waals surface area contributed by atoms with Crippen LogP contribution in [0, 0.1) is 0 Å². The summed E-state index contributed by atoms with van der Waals surface area (Å²) < 4.78 is 16.3. The van der Waals surface area contributed by atoms with Crippen LogP contribution in [0.4, 0.5) is 4.39 Å². The number of esters is 1. The second-order valence-electron chi connectivity index (χ2n) is 2.15. The molecule has 0 aromatic rings. The van der Waals surface area contributed by atoms with Crippen molar-refractivity contribution in [3.05, 3.63) is 12.2 Å². The highest BCUT2D eigenvalue weighted by atomic mass is 19.1. The summed E-state index contributed by atoms with van der Waals surface area (Å²) in [6.45, 7) is 5.70. The Kier molecular flexibility index (Phi) is 3.69. The molecule has 0 amide bonds. The number of alkyl halides is 1. The normalized spacial score (nSPS) is 12.3. The van der Waals surface area contributed by atoms with E-state index < -0.39 is 18.7 Å². The van der Waals surface area contributed by atoms with Gasteiger partial charge in [0.2, 0.25) is 0 Å². The Morgan fingerprint density at radius 3 is 2.60 bits per heavy atom. The van der Waals surface area contributed by atoms with E-state index >= 15 is 0 Å². The number of rotatable bonds is 3. The Bertz CT molecular complexity index is 143. The van der Waals surface area contributed by atoms with Gasteiger partial charge in [-0.2, -0.15) is 0 Å². The van der Waals surface area contributed by atoms with Gasteiger partial charge in [0.15, 0.2) is 0 Å². The third kappa shape index (κ3) is 3.22. The lowest BCUT2D eigenvalue weighted by atomic mass is 10.3. The molecule has 0 bridgehead atoms. The van der Waals surface area contributed by atoms with Crippen LogP contribution in [0.1, 0.15) is 13.8 Å². The molecule has 1 unspecified atom stereocenters. The Morgan fingerprint density at radius 2 is 2.30 bits per heavy atom. The molecule has 0 aromatic carbocycles. The maximum atomic E-state index is 11.7. The van der Waals surface area contributed by atoms with Gasteiger partial charge >= 0.3 is 5.97 Å². The van der Waals surface area contributed by atoms with Crippen molar-refractivity contribution in [2.45, 2.75) is 20.0 Å². The highest BCUT2D eigenvalue weighted by Crippen LogP contribution is 1.97. The molecule has 0 spiro atoms.